The van der Waals surface area contributed by atoms with Gasteiger partial charge in [-0.25, -0.2) is 4.39 Å². The number of carbonyl (C=O) groups excluding carboxylic acids is 1. The quantitative estimate of drug-likeness (QED) is 0.500. The van der Waals surface area contributed by atoms with Gasteiger partial charge >= 0.3 is 0 Å². The van der Waals surface area contributed by atoms with Gasteiger partial charge in [-0.2, -0.15) is 0 Å². The Labute approximate surface area is 171 Å². The van der Waals surface area contributed by atoms with E-state index in [1.54, 1.807) is 42.9 Å². The van der Waals surface area contributed by atoms with E-state index in [1.807, 2.05) is 30.3 Å². The molecule has 4 aromatic rings. The van der Waals surface area contributed by atoms with Crippen molar-refractivity contribution in [2.24, 2.45) is 7.05 Å². The molecule has 146 valence electrons. The molecule has 0 bridgehead atoms. The number of pyridine rings is 1. The molecule has 6 nitrogen and oxygen atoms in total. The molecule has 0 aliphatic heterocycles. The van der Waals surface area contributed by atoms with Gasteiger partial charge in [0.15, 0.2) is 11.0 Å². The minimum absolute atomic E-state index is 0.165. The van der Waals surface area contributed by atoms with Gasteiger partial charge in [0.05, 0.1) is 22.0 Å². The summed E-state index contributed by atoms with van der Waals surface area (Å²) >= 11 is 1.26. The summed E-state index contributed by atoms with van der Waals surface area (Å²) in [5.74, 6) is -0.116. The molecular weight excluding hydrogens is 389 g/mol. The van der Waals surface area contributed by atoms with Crippen LogP contribution in [-0.2, 0) is 11.8 Å². The first-order chi connectivity index (χ1) is 14.0. The second kappa shape index (κ2) is 8.00. The first-order valence-corrected chi connectivity index (χ1v) is 9.88. The molecule has 2 aromatic heterocycles. The van der Waals surface area contributed by atoms with E-state index in [0.29, 0.717) is 22.2 Å². The number of nitrogens with one attached hydrogen (secondary N) is 1. The number of nitrogens with zero attached hydrogens (tertiary/aromatic N) is 4. The largest absolute Gasteiger partial charge is 0.324 e. The van der Waals surface area contributed by atoms with E-state index in [-0.39, 0.29) is 11.7 Å². The van der Waals surface area contributed by atoms with E-state index in [9.17, 15) is 9.18 Å². The maximum atomic E-state index is 14.1. The van der Waals surface area contributed by atoms with Crippen LogP contribution in [0.4, 0.5) is 10.1 Å². The maximum absolute atomic E-state index is 14.1. The topological polar surface area (TPSA) is 72.7 Å². The van der Waals surface area contributed by atoms with Crippen LogP contribution in [-0.4, -0.2) is 30.9 Å². The molecule has 1 atom stereocenters. The molecule has 0 radical (unpaired) electrons. The highest BCUT2D eigenvalue weighted by Crippen LogP contribution is 2.28. The molecule has 0 aliphatic carbocycles. The molecule has 29 heavy (non-hydrogen) atoms. The number of anilines is 1. The van der Waals surface area contributed by atoms with Crippen LogP contribution in [0.25, 0.3) is 22.3 Å². The number of hydrogen-bond donors (Lipinski definition) is 1. The van der Waals surface area contributed by atoms with Gasteiger partial charge < -0.3 is 9.88 Å². The number of thioether (sulfide) groups is 1. The second-order valence-corrected chi connectivity index (χ2v) is 7.78. The van der Waals surface area contributed by atoms with E-state index >= 15 is 0 Å². The fourth-order valence-corrected chi connectivity index (χ4v) is 3.77. The lowest BCUT2D eigenvalue weighted by molar-refractivity contribution is -0.115. The number of rotatable bonds is 5. The molecule has 2 aromatic carbocycles. The van der Waals surface area contributed by atoms with Gasteiger partial charge in [-0.3, -0.25) is 9.78 Å². The summed E-state index contributed by atoms with van der Waals surface area (Å²) in [6.07, 6.45) is 1.72. The zero-order valence-corrected chi connectivity index (χ0v) is 16.7. The van der Waals surface area contributed by atoms with E-state index in [1.165, 1.54) is 17.8 Å². The van der Waals surface area contributed by atoms with Crippen molar-refractivity contribution < 1.29 is 9.18 Å². The van der Waals surface area contributed by atoms with Crippen molar-refractivity contribution in [3.63, 3.8) is 0 Å². The van der Waals surface area contributed by atoms with Gasteiger partial charge in [-0.05, 0) is 43.3 Å². The lowest BCUT2D eigenvalue weighted by Gasteiger charge is -2.13. The summed E-state index contributed by atoms with van der Waals surface area (Å²) < 4.78 is 15.8. The van der Waals surface area contributed by atoms with Crippen LogP contribution in [0.15, 0.2) is 66.0 Å². The highest BCUT2D eigenvalue weighted by Gasteiger charge is 2.21. The second-order valence-electron chi connectivity index (χ2n) is 6.47. The number of aromatic nitrogens is 4. The summed E-state index contributed by atoms with van der Waals surface area (Å²) in [5.41, 5.74) is 1.89. The number of benzene rings is 2. The molecule has 2 heterocycles. The Morgan fingerprint density at radius 3 is 2.76 bits per heavy atom. The number of hydrogen-bond acceptors (Lipinski definition) is 5. The number of amides is 1. The molecule has 1 amide bonds. The fraction of sp³-hybridized carbons (Fsp3) is 0.143. The van der Waals surface area contributed by atoms with Crippen molar-refractivity contribution in [1.82, 2.24) is 19.7 Å². The van der Waals surface area contributed by atoms with E-state index in [4.69, 9.17) is 0 Å². The Morgan fingerprint density at radius 1 is 1.10 bits per heavy atom. The third-order valence-corrected chi connectivity index (χ3v) is 5.64. The summed E-state index contributed by atoms with van der Waals surface area (Å²) in [4.78, 5) is 17.0. The highest BCUT2D eigenvalue weighted by atomic mass is 32.2. The lowest BCUT2D eigenvalue weighted by Crippen LogP contribution is -2.23. The van der Waals surface area contributed by atoms with E-state index in [2.05, 4.69) is 20.5 Å². The molecule has 1 unspecified atom stereocenters. The molecule has 4 rings (SSSR count). The van der Waals surface area contributed by atoms with E-state index < -0.39 is 5.25 Å². The van der Waals surface area contributed by atoms with Crippen LogP contribution in [0.3, 0.4) is 0 Å². The maximum Gasteiger partial charge on any atom is 0.237 e. The fourth-order valence-electron chi connectivity index (χ4n) is 2.95. The summed E-state index contributed by atoms with van der Waals surface area (Å²) in [6.45, 7) is 1.79. The van der Waals surface area contributed by atoms with Gasteiger partial charge in [-0.1, -0.05) is 30.0 Å². The molecule has 0 aliphatic rings. The van der Waals surface area contributed by atoms with Crippen LogP contribution in [0.2, 0.25) is 0 Å². The summed E-state index contributed by atoms with van der Waals surface area (Å²) in [6, 6.07) is 15.7. The van der Waals surface area contributed by atoms with Crippen molar-refractivity contribution in [3.05, 3.63) is 66.6 Å². The average molecular weight is 407 g/mol. The van der Waals surface area contributed by atoms with Crippen molar-refractivity contribution >= 4 is 34.3 Å². The van der Waals surface area contributed by atoms with Gasteiger partial charge in [-0.15, -0.1) is 10.2 Å². The number of carbonyl (C=O) groups is 1. The van der Waals surface area contributed by atoms with Gasteiger partial charge in [0.25, 0.3) is 0 Å². The smallest absolute Gasteiger partial charge is 0.237 e. The Morgan fingerprint density at radius 2 is 1.93 bits per heavy atom. The Kier molecular flexibility index (Phi) is 5.26. The standard InChI is InChI=1S/C21H18FN5OS/c1-13(20(28)24-18-11-5-10-17-15(18)8-6-12-23-17)29-21-26-25-19(27(21)2)14-7-3-4-9-16(14)22/h3-13H,1-2H3,(H,24,28). The van der Waals surface area contributed by atoms with Gasteiger partial charge in [0.1, 0.15) is 5.82 Å². The molecule has 8 heteroatoms. The van der Waals surface area contributed by atoms with Gasteiger partial charge in [0.2, 0.25) is 5.91 Å². The van der Waals surface area contributed by atoms with Crippen LogP contribution >= 0.6 is 11.8 Å². The zero-order valence-electron chi connectivity index (χ0n) is 15.8. The molecule has 0 saturated heterocycles. The van der Waals surface area contributed by atoms with Crippen molar-refractivity contribution in [2.75, 3.05) is 5.32 Å². The summed E-state index contributed by atoms with van der Waals surface area (Å²) in [5, 5.41) is 12.2. The monoisotopic (exact) mass is 407 g/mol. The van der Waals surface area contributed by atoms with Crippen molar-refractivity contribution in [3.8, 4) is 11.4 Å². The molecule has 0 spiro atoms. The first-order valence-electron chi connectivity index (χ1n) is 9.00. The normalized spacial score (nSPS) is 12.1. The van der Waals surface area contributed by atoms with Crippen molar-refractivity contribution in [1.29, 1.82) is 0 Å². The minimum Gasteiger partial charge on any atom is -0.324 e. The average Bonchev–Trinajstić information content (AvgIpc) is 3.08. The predicted octanol–water partition coefficient (Wildman–Crippen LogP) is 4.29. The Balaban J connectivity index is 1.52. The third kappa shape index (κ3) is 3.84. The number of fused-ring (bicyclic) bond motifs is 1. The van der Waals surface area contributed by atoms with Crippen LogP contribution in [0.5, 0.6) is 0 Å². The molecule has 1 N–H and O–H groups in total. The van der Waals surface area contributed by atoms with Crippen LogP contribution in [0, 0.1) is 5.82 Å². The predicted molar refractivity (Wildman–Crippen MR) is 112 cm³/mol. The Bertz CT molecular complexity index is 1190. The minimum atomic E-state index is -0.432. The van der Waals surface area contributed by atoms with Crippen LogP contribution in [0.1, 0.15) is 6.92 Å². The lowest BCUT2D eigenvalue weighted by atomic mass is 10.2. The Hall–Kier alpha value is -3.26. The highest BCUT2D eigenvalue weighted by molar-refractivity contribution is 8.00. The van der Waals surface area contributed by atoms with Gasteiger partial charge in [0, 0.05) is 18.6 Å². The van der Waals surface area contributed by atoms with Crippen molar-refractivity contribution in [2.45, 2.75) is 17.3 Å². The SMILES string of the molecule is CC(Sc1nnc(-c2ccccc2F)n1C)C(=O)Nc1cccc2ncccc12. The number of halogens is 1. The first kappa shape index (κ1) is 19.1. The van der Waals surface area contributed by atoms with Crippen LogP contribution < -0.4 is 5.32 Å². The zero-order chi connectivity index (χ0) is 20.4. The molecule has 0 saturated carbocycles. The summed E-state index contributed by atoms with van der Waals surface area (Å²) in [7, 11) is 1.76. The molecular formula is C21H18FN5OS. The molecule has 0 fully saturated rings. The van der Waals surface area contributed by atoms with E-state index in [0.717, 1.165) is 10.9 Å². The third-order valence-electron chi connectivity index (χ3n) is 4.50.